The summed E-state index contributed by atoms with van der Waals surface area (Å²) in [6.45, 7) is 2.50. The van der Waals surface area contributed by atoms with Crippen molar-refractivity contribution in [3.05, 3.63) is 33.8 Å². The third-order valence-electron chi connectivity index (χ3n) is 3.66. The van der Waals surface area contributed by atoms with Crippen LogP contribution in [0.15, 0.2) is 18.2 Å². The number of benzene rings is 1. The van der Waals surface area contributed by atoms with Gasteiger partial charge >= 0.3 is 0 Å². The molecule has 1 fully saturated rings. The Morgan fingerprint density at radius 3 is 2.62 bits per heavy atom. The SMILES string of the molecule is O=C1CC[NH+](CC(=O)NCCc2ccc(Cl)cc2Cl)CC1. The summed E-state index contributed by atoms with van der Waals surface area (Å²) in [7, 11) is 0. The van der Waals surface area contributed by atoms with E-state index >= 15 is 0 Å². The van der Waals surface area contributed by atoms with Gasteiger partial charge in [0.2, 0.25) is 0 Å². The molecule has 1 saturated heterocycles. The number of nitrogens with one attached hydrogen (secondary N) is 2. The number of halogens is 2. The first-order valence-electron chi connectivity index (χ1n) is 7.10. The number of carbonyl (C=O) groups is 2. The highest BCUT2D eigenvalue weighted by Gasteiger charge is 2.21. The molecule has 0 aliphatic carbocycles. The Morgan fingerprint density at radius 1 is 1.24 bits per heavy atom. The van der Waals surface area contributed by atoms with Crippen LogP contribution in [0.25, 0.3) is 0 Å². The van der Waals surface area contributed by atoms with Gasteiger partial charge < -0.3 is 10.2 Å². The lowest BCUT2D eigenvalue weighted by atomic mass is 10.1. The molecule has 0 radical (unpaired) electrons. The zero-order valence-electron chi connectivity index (χ0n) is 11.8. The summed E-state index contributed by atoms with van der Waals surface area (Å²) in [5.74, 6) is 0.320. The second-order valence-corrected chi connectivity index (χ2v) is 6.14. The Bertz CT molecular complexity index is 524. The normalized spacial score (nSPS) is 16.0. The molecule has 0 bridgehead atoms. The molecule has 0 unspecified atom stereocenters. The average Bonchev–Trinajstić information content (AvgIpc) is 2.44. The van der Waals surface area contributed by atoms with Gasteiger partial charge in [0.05, 0.1) is 25.9 Å². The molecule has 2 rings (SSSR count). The van der Waals surface area contributed by atoms with Gasteiger partial charge in [0.25, 0.3) is 5.91 Å². The van der Waals surface area contributed by atoms with Gasteiger partial charge in [0, 0.05) is 16.6 Å². The van der Waals surface area contributed by atoms with E-state index in [9.17, 15) is 9.59 Å². The van der Waals surface area contributed by atoms with Crippen molar-refractivity contribution in [2.75, 3.05) is 26.2 Å². The first-order chi connectivity index (χ1) is 10.0. The summed E-state index contributed by atoms with van der Waals surface area (Å²) in [4.78, 5) is 24.2. The minimum Gasteiger partial charge on any atom is -0.351 e. The summed E-state index contributed by atoms with van der Waals surface area (Å²) in [5.41, 5.74) is 0.970. The van der Waals surface area contributed by atoms with Gasteiger partial charge in [-0.15, -0.1) is 0 Å². The highest BCUT2D eigenvalue weighted by molar-refractivity contribution is 6.35. The van der Waals surface area contributed by atoms with Gasteiger partial charge in [-0.05, 0) is 24.1 Å². The fraction of sp³-hybridized carbons (Fsp3) is 0.467. The third-order valence-corrected chi connectivity index (χ3v) is 4.24. The highest BCUT2D eigenvalue weighted by atomic mass is 35.5. The van der Waals surface area contributed by atoms with E-state index in [1.54, 1.807) is 12.1 Å². The number of hydrogen-bond donors (Lipinski definition) is 2. The van der Waals surface area contributed by atoms with Crippen LogP contribution in [0, 0.1) is 0 Å². The molecule has 1 amide bonds. The molecular formula is C15H19Cl2N2O2+. The molecule has 0 spiro atoms. The van der Waals surface area contributed by atoms with Gasteiger partial charge in [-0.25, -0.2) is 0 Å². The monoisotopic (exact) mass is 329 g/mol. The van der Waals surface area contributed by atoms with E-state index in [0.29, 0.717) is 48.2 Å². The van der Waals surface area contributed by atoms with E-state index in [0.717, 1.165) is 18.7 Å². The van der Waals surface area contributed by atoms with Gasteiger partial charge in [0.1, 0.15) is 5.78 Å². The van der Waals surface area contributed by atoms with Crippen molar-refractivity contribution in [1.29, 1.82) is 0 Å². The number of rotatable bonds is 5. The van der Waals surface area contributed by atoms with Crippen molar-refractivity contribution < 1.29 is 14.5 Å². The van der Waals surface area contributed by atoms with Gasteiger partial charge in [-0.1, -0.05) is 29.3 Å². The largest absolute Gasteiger partial charge is 0.351 e. The summed E-state index contributed by atoms with van der Waals surface area (Å²) >= 11 is 11.9. The molecule has 1 aliphatic rings. The van der Waals surface area contributed by atoms with Crippen LogP contribution in [0.2, 0.25) is 10.0 Å². The number of quaternary nitrogens is 1. The van der Waals surface area contributed by atoms with E-state index in [4.69, 9.17) is 23.2 Å². The van der Waals surface area contributed by atoms with Crippen LogP contribution in [0.4, 0.5) is 0 Å². The zero-order chi connectivity index (χ0) is 15.2. The van der Waals surface area contributed by atoms with Gasteiger partial charge in [-0.2, -0.15) is 0 Å². The number of carbonyl (C=O) groups excluding carboxylic acids is 2. The van der Waals surface area contributed by atoms with Crippen molar-refractivity contribution >= 4 is 34.9 Å². The maximum Gasteiger partial charge on any atom is 0.275 e. The van der Waals surface area contributed by atoms with Crippen LogP contribution < -0.4 is 10.2 Å². The first-order valence-corrected chi connectivity index (χ1v) is 7.86. The summed E-state index contributed by atoms with van der Waals surface area (Å²) in [5, 5.41) is 4.12. The van der Waals surface area contributed by atoms with Crippen LogP contribution in [0.5, 0.6) is 0 Å². The molecule has 4 nitrogen and oxygen atoms in total. The predicted molar refractivity (Wildman–Crippen MR) is 83.0 cm³/mol. The molecule has 6 heteroatoms. The number of Topliss-reactive ketones (excluding diaryl/α,β-unsaturated/α-hetero) is 1. The van der Waals surface area contributed by atoms with Crippen LogP contribution >= 0.6 is 23.2 Å². The molecule has 1 aromatic carbocycles. The zero-order valence-corrected chi connectivity index (χ0v) is 13.3. The summed E-state index contributed by atoms with van der Waals surface area (Å²) in [6.07, 6.45) is 1.85. The summed E-state index contributed by atoms with van der Waals surface area (Å²) in [6, 6.07) is 5.37. The van der Waals surface area contributed by atoms with Crippen LogP contribution in [0.3, 0.4) is 0 Å². The molecule has 21 heavy (non-hydrogen) atoms. The Balaban J connectivity index is 1.70. The maximum atomic E-state index is 11.9. The fourth-order valence-electron chi connectivity index (χ4n) is 2.41. The Hall–Kier alpha value is -1.10. The topological polar surface area (TPSA) is 50.6 Å². The van der Waals surface area contributed by atoms with Crippen LogP contribution in [-0.4, -0.2) is 37.9 Å². The van der Waals surface area contributed by atoms with E-state index in [2.05, 4.69) is 5.32 Å². The fourth-order valence-corrected chi connectivity index (χ4v) is 2.91. The maximum absolute atomic E-state index is 11.9. The standard InChI is InChI=1S/C15H18Cl2N2O2/c16-12-2-1-11(14(17)9-12)3-6-18-15(21)10-19-7-4-13(20)5-8-19/h1-2,9H,3-8,10H2,(H,18,21)/p+1. The van der Waals surface area contributed by atoms with Crippen molar-refractivity contribution in [2.24, 2.45) is 0 Å². The molecular weight excluding hydrogens is 311 g/mol. The number of ketones is 1. The minimum absolute atomic E-state index is 0.0180. The quantitative estimate of drug-likeness (QED) is 0.843. The second kappa shape index (κ2) is 7.78. The first kappa shape index (κ1) is 16.3. The highest BCUT2D eigenvalue weighted by Crippen LogP contribution is 2.20. The minimum atomic E-state index is 0.0180. The molecule has 0 aromatic heterocycles. The van der Waals surface area contributed by atoms with E-state index in [1.807, 2.05) is 6.07 Å². The molecule has 1 heterocycles. The lowest BCUT2D eigenvalue weighted by Gasteiger charge is -2.22. The van der Waals surface area contributed by atoms with Crippen molar-refractivity contribution in [3.8, 4) is 0 Å². The van der Waals surface area contributed by atoms with E-state index < -0.39 is 0 Å². The molecule has 2 N–H and O–H groups in total. The number of likely N-dealkylation sites (tertiary alicyclic amines) is 1. The Morgan fingerprint density at radius 2 is 1.95 bits per heavy atom. The second-order valence-electron chi connectivity index (χ2n) is 5.30. The van der Waals surface area contributed by atoms with Gasteiger partial charge in [-0.3, -0.25) is 9.59 Å². The average molecular weight is 330 g/mol. The smallest absolute Gasteiger partial charge is 0.275 e. The molecule has 1 aliphatic heterocycles. The van der Waals surface area contributed by atoms with E-state index in [-0.39, 0.29) is 5.91 Å². The molecule has 0 saturated carbocycles. The van der Waals surface area contributed by atoms with E-state index in [1.165, 1.54) is 4.90 Å². The Kier molecular flexibility index (Phi) is 6.03. The van der Waals surface area contributed by atoms with Gasteiger partial charge in [0.15, 0.2) is 6.54 Å². The third kappa shape index (κ3) is 5.30. The molecule has 0 atom stereocenters. The van der Waals surface area contributed by atoms with Crippen molar-refractivity contribution in [3.63, 3.8) is 0 Å². The predicted octanol–water partition coefficient (Wildman–Crippen LogP) is 0.900. The number of piperidine rings is 1. The molecule has 1 aromatic rings. The van der Waals surface area contributed by atoms with Crippen LogP contribution in [0.1, 0.15) is 18.4 Å². The van der Waals surface area contributed by atoms with Crippen molar-refractivity contribution in [1.82, 2.24) is 5.32 Å². The number of hydrogen-bond acceptors (Lipinski definition) is 2. The Labute approximate surface area is 134 Å². The van der Waals surface area contributed by atoms with Crippen molar-refractivity contribution in [2.45, 2.75) is 19.3 Å². The molecule has 114 valence electrons. The lowest BCUT2D eigenvalue weighted by Crippen LogP contribution is -3.14. The van der Waals surface area contributed by atoms with Crippen LogP contribution in [-0.2, 0) is 16.0 Å². The summed E-state index contributed by atoms with van der Waals surface area (Å²) < 4.78 is 0. The number of amides is 1. The lowest BCUT2D eigenvalue weighted by molar-refractivity contribution is -0.893.